The number of aromatic nitrogens is 4. The first-order valence-corrected chi connectivity index (χ1v) is 14.2. The van der Waals surface area contributed by atoms with Gasteiger partial charge in [-0.3, -0.25) is 4.79 Å². The van der Waals surface area contributed by atoms with Gasteiger partial charge in [0.05, 0.1) is 5.69 Å². The van der Waals surface area contributed by atoms with Crippen LogP contribution in [0.2, 0.25) is 0 Å². The van der Waals surface area contributed by atoms with Crippen molar-refractivity contribution in [2.75, 3.05) is 23.3 Å². The number of anilines is 2. The fourth-order valence-corrected chi connectivity index (χ4v) is 6.54. The molecule has 8 nitrogen and oxygen atoms in total. The lowest BCUT2D eigenvalue weighted by atomic mass is 9.83. The summed E-state index contributed by atoms with van der Waals surface area (Å²) in [4.78, 5) is 14.3. The molecule has 4 heterocycles. The molecule has 2 atom stereocenters. The van der Waals surface area contributed by atoms with E-state index in [4.69, 9.17) is 5.10 Å². The first kappa shape index (κ1) is 29.1. The second-order valence-electron chi connectivity index (χ2n) is 10.4. The number of hydrogen-bond acceptors (Lipinski definition) is 7. The molecule has 0 saturated carbocycles. The van der Waals surface area contributed by atoms with Crippen LogP contribution in [-0.2, 0) is 11.0 Å². The molecule has 2 N–H and O–H groups in total. The highest BCUT2D eigenvalue weighted by atomic mass is 32.1. The second-order valence-corrected chi connectivity index (χ2v) is 11.4. The number of amides is 1. The molecule has 2 aromatic heterocycles. The van der Waals surface area contributed by atoms with E-state index in [0.717, 1.165) is 0 Å². The summed E-state index contributed by atoms with van der Waals surface area (Å²) in [6.45, 7) is 0.399. The minimum Gasteiger partial charge on any atom is -0.382 e. The summed E-state index contributed by atoms with van der Waals surface area (Å²) in [5.74, 6) is -4.39. The fourth-order valence-electron chi connectivity index (χ4n) is 5.77. The van der Waals surface area contributed by atoms with Crippen LogP contribution in [0.15, 0.2) is 60.7 Å². The van der Waals surface area contributed by atoms with E-state index in [1.165, 1.54) is 4.68 Å². The molecule has 43 heavy (non-hydrogen) atoms. The quantitative estimate of drug-likeness (QED) is 0.276. The number of aliphatic hydroxyl groups is 1. The van der Waals surface area contributed by atoms with Crippen LogP contribution in [0, 0.1) is 0 Å². The number of hydrogen-bond donors (Lipinski definition) is 2. The molecule has 1 fully saturated rings. The van der Waals surface area contributed by atoms with Crippen LogP contribution in [0.25, 0.3) is 0 Å². The van der Waals surface area contributed by atoms with Crippen molar-refractivity contribution in [2.24, 2.45) is 0 Å². The molecule has 2 aliphatic heterocycles. The minimum absolute atomic E-state index is 0.0717. The summed E-state index contributed by atoms with van der Waals surface area (Å²) in [5.41, 5.74) is 1.20. The number of nitrogens with one attached hydrogen (secondary N) is 1. The number of rotatable bonds is 5. The highest BCUT2D eigenvalue weighted by Gasteiger charge is 2.55. The van der Waals surface area contributed by atoms with Crippen LogP contribution in [0.4, 0.5) is 37.3 Å². The molecule has 15 heteroatoms. The summed E-state index contributed by atoms with van der Waals surface area (Å²) in [7, 11) is 0. The maximum Gasteiger partial charge on any atom is 0.445 e. The van der Waals surface area contributed by atoms with Gasteiger partial charge in [-0.25, -0.2) is 4.68 Å². The van der Waals surface area contributed by atoms with Gasteiger partial charge >= 0.3 is 12.4 Å². The van der Waals surface area contributed by atoms with Gasteiger partial charge in [0, 0.05) is 24.6 Å². The number of halogens is 6. The van der Waals surface area contributed by atoms with E-state index < -0.39 is 47.2 Å². The molecule has 0 bridgehead atoms. The van der Waals surface area contributed by atoms with Crippen LogP contribution < -0.4 is 10.2 Å². The van der Waals surface area contributed by atoms with Crippen molar-refractivity contribution in [3.8, 4) is 0 Å². The van der Waals surface area contributed by atoms with Gasteiger partial charge in [-0.1, -0.05) is 72.0 Å². The fraction of sp³-hybridized carbons (Fsp3) is 0.357. The van der Waals surface area contributed by atoms with Gasteiger partial charge in [0.15, 0.2) is 0 Å². The predicted molar refractivity (Wildman–Crippen MR) is 145 cm³/mol. The Hall–Kier alpha value is -3.98. The molecular weight excluding hydrogens is 598 g/mol. The number of carbonyl (C=O) groups is 1. The number of alkyl halides is 6. The minimum atomic E-state index is -4.97. The molecule has 226 valence electrons. The van der Waals surface area contributed by atoms with E-state index >= 15 is 0 Å². The SMILES string of the molecule is O=C1Nc2c(c(C3CCN(c4nnc(C(F)(F)F)s4)CC3)nn2C(c2ccccc2)c2ccccc2)[C@@H](C(F)(F)F)[C@H]1O. The van der Waals surface area contributed by atoms with Crippen molar-refractivity contribution in [2.45, 2.75) is 49.2 Å². The largest absolute Gasteiger partial charge is 0.445 e. The number of fused-ring (bicyclic) bond motifs is 1. The summed E-state index contributed by atoms with van der Waals surface area (Å²) in [6.07, 6.45) is -11.5. The maximum atomic E-state index is 14.5. The molecule has 0 radical (unpaired) electrons. The predicted octanol–water partition coefficient (Wildman–Crippen LogP) is 5.73. The van der Waals surface area contributed by atoms with Gasteiger partial charge in [0.25, 0.3) is 5.91 Å². The lowest BCUT2D eigenvalue weighted by Gasteiger charge is -2.34. The first-order chi connectivity index (χ1) is 20.4. The molecular formula is C28H24F6N6O2S. The van der Waals surface area contributed by atoms with Gasteiger partial charge in [-0.15, -0.1) is 10.2 Å². The van der Waals surface area contributed by atoms with Gasteiger partial charge < -0.3 is 15.3 Å². The Morgan fingerprint density at radius 2 is 1.49 bits per heavy atom. The molecule has 2 aliphatic rings. The van der Waals surface area contributed by atoms with E-state index in [1.807, 2.05) is 24.3 Å². The first-order valence-electron chi connectivity index (χ1n) is 13.4. The topological polar surface area (TPSA) is 96.2 Å². The monoisotopic (exact) mass is 622 g/mol. The zero-order chi connectivity index (χ0) is 30.5. The lowest BCUT2D eigenvalue weighted by molar-refractivity contribution is -0.177. The highest BCUT2D eigenvalue weighted by Crippen LogP contribution is 2.49. The van der Waals surface area contributed by atoms with Crippen molar-refractivity contribution >= 4 is 28.2 Å². The van der Waals surface area contributed by atoms with Gasteiger partial charge in [-0.2, -0.15) is 31.4 Å². The van der Waals surface area contributed by atoms with Crippen LogP contribution in [0.1, 0.15) is 58.1 Å². The molecule has 4 aromatic rings. The van der Waals surface area contributed by atoms with Crippen molar-refractivity contribution in [3.05, 3.63) is 88.1 Å². The molecule has 2 aromatic carbocycles. The Labute approximate surface area is 245 Å². The van der Waals surface area contributed by atoms with E-state index in [9.17, 15) is 36.2 Å². The Bertz CT molecular complexity index is 1560. The van der Waals surface area contributed by atoms with Crippen molar-refractivity contribution in [3.63, 3.8) is 0 Å². The van der Waals surface area contributed by atoms with E-state index in [0.29, 0.717) is 22.5 Å². The van der Waals surface area contributed by atoms with Crippen molar-refractivity contribution < 1.29 is 36.2 Å². The third-order valence-electron chi connectivity index (χ3n) is 7.75. The molecule has 1 amide bonds. The van der Waals surface area contributed by atoms with Gasteiger partial charge in [0.2, 0.25) is 10.1 Å². The third-order valence-corrected chi connectivity index (χ3v) is 8.78. The second kappa shape index (κ2) is 10.9. The summed E-state index contributed by atoms with van der Waals surface area (Å²) in [6, 6.07) is 17.3. The van der Waals surface area contributed by atoms with Crippen LogP contribution in [0.3, 0.4) is 0 Å². The Morgan fingerprint density at radius 1 is 0.907 bits per heavy atom. The van der Waals surface area contributed by atoms with E-state index in [2.05, 4.69) is 15.5 Å². The zero-order valence-electron chi connectivity index (χ0n) is 22.2. The third kappa shape index (κ3) is 5.46. The lowest BCUT2D eigenvalue weighted by Crippen LogP contribution is -2.45. The average Bonchev–Trinajstić information content (AvgIpc) is 3.61. The van der Waals surface area contributed by atoms with Crippen molar-refractivity contribution in [1.82, 2.24) is 20.0 Å². The van der Waals surface area contributed by atoms with Crippen LogP contribution >= 0.6 is 11.3 Å². The molecule has 1 saturated heterocycles. The Kier molecular flexibility index (Phi) is 7.40. The smallest absolute Gasteiger partial charge is 0.382 e. The van der Waals surface area contributed by atoms with Crippen LogP contribution in [-0.4, -0.2) is 56.4 Å². The standard InChI is InChI=1S/C28H24F6N6O2S/c29-27(30,31)19-18-20(15-11-13-39(14-12-15)26-37-36-25(43-26)28(32,33)34)38-40(23(18)35-24(42)22(19)41)21(16-7-3-1-4-8-16)17-9-5-2-6-10-17/h1-10,15,19,21-22,41H,11-14H2,(H,35,42)/t19-,22-/m1/s1. The zero-order valence-corrected chi connectivity index (χ0v) is 23.0. The Balaban J connectivity index is 1.44. The highest BCUT2D eigenvalue weighted by molar-refractivity contribution is 7.15. The summed E-state index contributed by atoms with van der Waals surface area (Å²) < 4.78 is 84.2. The summed E-state index contributed by atoms with van der Waals surface area (Å²) in [5, 5.41) is 23.6. The van der Waals surface area contributed by atoms with Crippen molar-refractivity contribution in [1.29, 1.82) is 0 Å². The number of nitrogens with zero attached hydrogens (tertiary/aromatic N) is 5. The molecule has 0 unspecified atom stereocenters. The van der Waals surface area contributed by atoms with Crippen LogP contribution in [0.5, 0.6) is 0 Å². The Morgan fingerprint density at radius 3 is 2.00 bits per heavy atom. The average molecular weight is 623 g/mol. The number of carbonyl (C=O) groups excluding carboxylic acids is 1. The number of piperidine rings is 1. The molecule has 6 rings (SSSR count). The van der Waals surface area contributed by atoms with Gasteiger partial charge in [-0.05, 0) is 24.0 Å². The summed E-state index contributed by atoms with van der Waals surface area (Å²) >= 11 is 0.403. The van der Waals surface area contributed by atoms with E-state index in [1.54, 1.807) is 41.3 Å². The molecule has 0 spiro atoms. The normalized spacial score (nSPS) is 19.9. The number of aliphatic hydroxyl groups excluding tert-OH is 1. The van der Waals surface area contributed by atoms with E-state index in [-0.39, 0.29) is 48.1 Å². The number of benzene rings is 2. The van der Waals surface area contributed by atoms with Gasteiger partial charge in [0.1, 0.15) is 23.9 Å². The maximum absolute atomic E-state index is 14.5. The molecule has 0 aliphatic carbocycles.